The molecular weight excluding hydrogens is 314 g/mol. The van der Waals surface area contributed by atoms with Crippen LogP contribution >= 0.6 is 15.9 Å². The summed E-state index contributed by atoms with van der Waals surface area (Å²) in [4.78, 5) is 0. The molecule has 2 aliphatic rings. The average molecular weight is 330 g/mol. The molecule has 1 heterocycles. The first-order valence-corrected chi connectivity index (χ1v) is 7.89. The lowest BCUT2D eigenvalue weighted by Gasteiger charge is -2.28. The zero-order chi connectivity index (χ0) is 13.5. The van der Waals surface area contributed by atoms with Gasteiger partial charge in [-0.1, -0.05) is 34.1 Å². The second kappa shape index (κ2) is 4.81. The van der Waals surface area contributed by atoms with Gasteiger partial charge in [-0.25, -0.2) is 0 Å². The highest BCUT2D eigenvalue weighted by Crippen LogP contribution is 2.36. The van der Waals surface area contributed by atoms with Gasteiger partial charge in [0.15, 0.2) is 0 Å². The summed E-state index contributed by atoms with van der Waals surface area (Å²) in [5.41, 5.74) is 5.44. The lowest BCUT2D eigenvalue weighted by molar-refractivity contribution is 0.286. The van der Waals surface area contributed by atoms with Gasteiger partial charge in [0.1, 0.15) is 12.4 Å². The fraction of sp³-hybridized carbons (Fsp3) is 0.294. The van der Waals surface area contributed by atoms with Crippen molar-refractivity contribution >= 4 is 21.6 Å². The molecule has 1 unspecified atom stereocenters. The van der Waals surface area contributed by atoms with Crippen molar-refractivity contribution in [1.29, 1.82) is 0 Å². The maximum Gasteiger partial charge on any atom is 0.142 e. The van der Waals surface area contributed by atoms with Crippen LogP contribution in [0.3, 0.4) is 0 Å². The highest BCUT2D eigenvalue weighted by molar-refractivity contribution is 9.10. The van der Waals surface area contributed by atoms with Crippen molar-refractivity contribution in [3.8, 4) is 5.75 Å². The molecule has 1 atom stereocenters. The molecule has 2 aromatic carbocycles. The molecule has 3 heteroatoms. The van der Waals surface area contributed by atoms with E-state index in [0.29, 0.717) is 6.61 Å². The third-order valence-electron chi connectivity index (χ3n) is 4.20. The largest absolute Gasteiger partial charge is 0.489 e. The summed E-state index contributed by atoms with van der Waals surface area (Å²) in [6.45, 7) is 0.688. The van der Waals surface area contributed by atoms with Crippen molar-refractivity contribution in [3.63, 3.8) is 0 Å². The number of nitrogens with one attached hydrogen (secondary N) is 1. The molecule has 4 rings (SSSR count). The average Bonchev–Trinajstić information content (AvgIpc) is 2.93. The quantitative estimate of drug-likeness (QED) is 0.832. The Morgan fingerprint density at radius 2 is 1.95 bits per heavy atom. The third kappa shape index (κ3) is 2.10. The topological polar surface area (TPSA) is 21.3 Å². The van der Waals surface area contributed by atoms with E-state index in [1.54, 1.807) is 0 Å². The molecule has 2 nitrogen and oxygen atoms in total. The van der Waals surface area contributed by atoms with Gasteiger partial charge < -0.3 is 10.1 Å². The van der Waals surface area contributed by atoms with E-state index in [1.165, 1.54) is 36.0 Å². The summed E-state index contributed by atoms with van der Waals surface area (Å²) in [6, 6.07) is 13.2. The van der Waals surface area contributed by atoms with Crippen LogP contribution in [-0.2, 0) is 12.8 Å². The predicted molar refractivity (Wildman–Crippen MR) is 84.5 cm³/mol. The van der Waals surface area contributed by atoms with E-state index in [9.17, 15) is 0 Å². The monoisotopic (exact) mass is 329 g/mol. The Morgan fingerprint density at radius 3 is 2.90 bits per heavy atom. The molecule has 0 amide bonds. The zero-order valence-corrected chi connectivity index (χ0v) is 12.7. The van der Waals surface area contributed by atoms with Crippen LogP contribution in [0.1, 0.15) is 29.2 Å². The number of anilines is 1. The lowest BCUT2D eigenvalue weighted by atomic mass is 10.0. The number of hydrogen-bond acceptors (Lipinski definition) is 2. The second-order valence-electron chi connectivity index (χ2n) is 5.53. The van der Waals surface area contributed by atoms with Crippen molar-refractivity contribution in [2.75, 3.05) is 11.9 Å². The van der Waals surface area contributed by atoms with E-state index < -0.39 is 0 Å². The van der Waals surface area contributed by atoms with Gasteiger partial charge in [0.25, 0.3) is 0 Å². The molecular formula is C17H16BrNO. The molecule has 1 aliphatic carbocycles. The molecule has 0 aromatic heterocycles. The van der Waals surface area contributed by atoms with Crippen LogP contribution in [0.5, 0.6) is 5.75 Å². The number of halogens is 1. The summed E-state index contributed by atoms with van der Waals surface area (Å²) in [5.74, 6) is 0.936. The molecule has 2 aromatic rings. The summed E-state index contributed by atoms with van der Waals surface area (Å²) in [6.07, 6.45) is 3.75. The van der Waals surface area contributed by atoms with E-state index in [1.807, 2.05) is 12.1 Å². The Morgan fingerprint density at radius 1 is 1.05 bits per heavy atom. The first kappa shape index (κ1) is 12.3. The summed E-state index contributed by atoms with van der Waals surface area (Å²) in [5, 5.41) is 3.59. The summed E-state index contributed by atoms with van der Waals surface area (Å²) < 4.78 is 6.95. The number of aryl methyl sites for hydroxylation is 2. The normalized spacial score (nSPS) is 19.8. The third-order valence-corrected chi connectivity index (χ3v) is 4.70. The standard InChI is InChI=1S/C17H16BrNO/c18-14-6-7-17-15(9-14)19-16(10-20-17)13-5-4-11-2-1-3-12(11)8-13/h4-9,16,19H,1-3,10H2. The fourth-order valence-corrected chi connectivity index (χ4v) is 3.49. The van der Waals surface area contributed by atoms with E-state index >= 15 is 0 Å². The van der Waals surface area contributed by atoms with Gasteiger partial charge in [-0.15, -0.1) is 0 Å². The predicted octanol–water partition coefficient (Wildman–Crippen LogP) is 4.48. The number of fused-ring (bicyclic) bond motifs is 2. The minimum absolute atomic E-state index is 0.239. The summed E-state index contributed by atoms with van der Waals surface area (Å²) >= 11 is 3.51. The van der Waals surface area contributed by atoms with Gasteiger partial charge in [-0.2, -0.15) is 0 Å². The van der Waals surface area contributed by atoms with Gasteiger partial charge in [-0.3, -0.25) is 0 Å². The molecule has 1 N–H and O–H groups in total. The molecule has 0 fully saturated rings. The van der Waals surface area contributed by atoms with Crippen molar-refractivity contribution in [1.82, 2.24) is 0 Å². The van der Waals surface area contributed by atoms with Crippen molar-refractivity contribution in [2.24, 2.45) is 0 Å². The fourth-order valence-electron chi connectivity index (χ4n) is 3.13. The van der Waals surface area contributed by atoms with Crippen LogP contribution in [0.15, 0.2) is 40.9 Å². The smallest absolute Gasteiger partial charge is 0.142 e. The maximum atomic E-state index is 5.88. The van der Waals surface area contributed by atoms with E-state index in [0.717, 1.165) is 15.9 Å². The van der Waals surface area contributed by atoms with Gasteiger partial charge in [0.05, 0.1) is 11.7 Å². The Balaban J connectivity index is 1.64. The molecule has 1 aliphatic heterocycles. The Kier molecular flexibility index (Phi) is 2.95. The number of hydrogen-bond donors (Lipinski definition) is 1. The van der Waals surface area contributed by atoms with Crippen LogP contribution in [0.2, 0.25) is 0 Å². The van der Waals surface area contributed by atoms with Crippen molar-refractivity contribution in [2.45, 2.75) is 25.3 Å². The summed E-state index contributed by atoms with van der Waals surface area (Å²) in [7, 11) is 0. The first-order valence-electron chi connectivity index (χ1n) is 7.10. The number of rotatable bonds is 1. The van der Waals surface area contributed by atoms with Gasteiger partial charge in [0.2, 0.25) is 0 Å². The van der Waals surface area contributed by atoms with Crippen LogP contribution in [0.25, 0.3) is 0 Å². The molecule has 0 saturated heterocycles. The Hall–Kier alpha value is -1.48. The van der Waals surface area contributed by atoms with Crippen LogP contribution in [0.4, 0.5) is 5.69 Å². The lowest BCUT2D eigenvalue weighted by Crippen LogP contribution is -2.24. The highest BCUT2D eigenvalue weighted by atomic mass is 79.9. The van der Waals surface area contributed by atoms with E-state index in [-0.39, 0.29) is 6.04 Å². The Labute approximate surface area is 127 Å². The zero-order valence-electron chi connectivity index (χ0n) is 11.2. The molecule has 0 saturated carbocycles. The second-order valence-corrected chi connectivity index (χ2v) is 6.45. The van der Waals surface area contributed by atoms with Crippen molar-refractivity contribution < 1.29 is 4.74 Å². The van der Waals surface area contributed by atoms with Gasteiger partial charge >= 0.3 is 0 Å². The van der Waals surface area contributed by atoms with Gasteiger partial charge in [-0.05, 0) is 54.2 Å². The van der Waals surface area contributed by atoms with Crippen molar-refractivity contribution in [3.05, 3.63) is 57.6 Å². The maximum absolute atomic E-state index is 5.88. The molecule has 0 bridgehead atoms. The highest BCUT2D eigenvalue weighted by Gasteiger charge is 2.22. The van der Waals surface area contributed by atoms with E-state index in [4.69, 9.17) is 4.74 Å². The molecule has 20 heavy (non-hydrogen) atoms. The van der Waals surface area contributed by atoms with Gasteiger partial charge in [0, 0.05) is 4.47 Å². The Bertz CT molecular complexity index is 668. The number of ether oxygens (including phenoxy) is 1. The van der Waals surface area contributed by atoms with Crippen LogP contribution < -0.4 is 10.1 Å². The van der Waals surface area contributed by atoms with Crippen LogP contribution in [0, 0.1) is 0 Å². The van der Waals surface area contributed by atoms with E-state index in [2.05, 4.69) is 45.5 Å². The SMILES string of the molecule is Brc1ccc2c(c1)NC(c1ccc3c(c1)CCC3)CO2. The molecule has 102 valence electrons. The molecule has 0 radical (unpaired) electrons. The van der Waals surface area contributed by atoms with Crippen LogP contribution in [-0.4, -0.2) is 6.61 Å². The number of benzene rings is 2. The minimum atomic E-state index is 0.239. The minimum Gasteiger partial charge on any atom is -0.489 e. The molecule has 0 spiro atoms. The first-order chi connectivity index (χ1) is 9.79.